The summed E-state index contributed by atoms with van der Waals surface area (Å²) in [5, 5.41) is 20.9. The number of benzene rings is 1. The Morgan fingerprint density at radius 1 is 1.36 bits per heavy atom. The molecule has 0 saturated heterocycles. The topological polar surface area (TPSA) is 70.0 Å². The summed E-state index contributed by atoms with van der Waals surface area (Å²) < 4.78 is 5.02. The molecule has 1 atom stereocenters. The first-order chi connectivity index (χ1) is 13.4. The Morgan fingerprint density at radius 2 is 1.96 bits per heavy atom. The van der Waals surface area contributed by atoms with Crippen LogP contribution in [-0.4, -0.2) is 47.8 Å². The van der Waals surface area contributed by atoms with Crippen molar-refractivity contribution in [3.05, 3.63) is 47.6 Å². The van der Waals surface area contributed by atoms with Crippen molar-refractivity contribution in [1.29, 1.82) is 0 Å². The molecule has 1 aliphatic rings. The van der Waals surface area contributed by atoms with Crippen LogP contribution in [0.5, 0.6) is 11.5 Å². The number of carbonyl (C=O) groups excluding carboxylic acids is 1. The van der Waals surface area contributed by atoms with Crippen LogP contribution in [0.25, 0.3) is 0 Å². The quantitative estimate of drug-likeness (QED) is 0.672. The standard InChI is InChI=1S/C20H29NO4.C3H6/c1-4-21(8-9-25-3)19(24)13-15-11-17(22)20(18(23)12-15)16-7-5-6-14(2)10-16;1-3-2/h10-12,16,22-23H,4-9,13H2,1-3H3;3H,1H2,2H3. The molecule has 0 fully saturated rings. The zero-order valence-electron chi connectivity index (χ0n) is 17.7. The Labute approximate surface area is 169 Å². The van der Waals surface area contributed by atoms with E-state index in [0.717, 1.165) is 19.3 Å². The Balaban J connectivity index is 0.00000122. The van der Waals surface area contributed by atoms with E-state index in [-0.39, 0.29) is 29.7 Å². The lowest BCUT2D eigenvalue weighted by Crippen LogP contribution is -2.34. The van der Waals surface area contributed by atoms with E-state index in [9.17, 15) is 15.0 Å². The molecule has 5 nitrogen and oxygen atoms in total. The molecular weight excluding hydrogens is 354 g/mol. The molecule has 1 aromatic carbocycles. The van der Waals surface area contributed by atoms with Gasteiger partial charge in [0.15, 0.2) is 0 Å². The van der Waals surface area contributed by atoms with Gasteiger partial charge >= 0.3 is 0 Å². The van der Waals surface area contributed by atoms with Crippen molar-refractivity contribution in [3.8, 4) is 11.5 Å². The highest BCUT2D eigenvalue weighted by molar-refractivity contribution is 5.79. The Bertz CT molecular complexity index is 658. The van der Waals surface area contributed by atoms with Gasteiger partial charge in [0.2, 0.25) is 5.91 Å². The Kier molecular flexibility index (Phi) is 10.4. The molecule has 156 valence electrons. The van der Waals surface area contributed by atoms with Gasteiger partial charge in [0.25, 0.3) is 0 Å². The van der Waals surface area contributed by atoms with Crippen molar-refractivity contribution < 1.29 is 19.7 Å². The summed E-state index contributed by atoms with van der Waals surface area (Å²) in [5.41, 5.74) is 2.48. The van der Waals surface area contributed by atoms with E-state index < -0.39 is 0 Å². The summed E-state index contributed by atoms with van der Waals surface area (Å²) in [7, 11) is 1.61. The smallest absolute Gasteiger partial charge is 0.227 e. The number of aromatic hydroxyl groups is 2. The van der Waals surface area contributed by atoms with Crippen LogP contribution in [-0.2, 0) is 16.0 Å². The normalized spacial score (nSPS) is 15.9. The van der Waals surface area contributed by atoms with Gasteiger partial charge in [0, 0.05) is 31.7 Å². The predicted molar refractivity (Wildman–Crippen MR) is 114 cm³/mol. The van der Waals surface area contributed by atoms with Crippen molar-refractivity contribution in [1.82, 2.24) is 4.90 Å². The van der Waals surface area contributed by atoms with Crippen LogP contribution in [0.2, 0.25) is 0 Å². The van der Waals surface area contributed by atoms with E-state index in [2.05, 4.69) is 19.6 Å². The number of nitrogens with zero attached hydrogens (tertiary/aromatic N) is 1. The van der Waals surface area contributed by atoms with Crippen molar-refractivity contribution in [2.45, 2.75) is 52.4 Å². The van der Waals surface area contributed by atoms with Gasteiger partial charge in [0.05, 0.1) is 13.0 Å². The highest BCUT2D eigenvalue weighted by Gasteiger charge is 2.22. The van der Waals surface area contributed by atoms with Crippen LogP contribution >= 0.6 is 0 Å². The second-order valence-electron chi connectivity index (χ2n) is 7.11. The number of phenols is 2. The van der Waals surface area contributed by atoms with Gasteiger partial charge in [-0.3, -0.25) is 4.79 Å². The van der Waals surface area contributed by atoms with Gasteiger partial charge in [-0.2, -0.15) is 0 Å². The van der Waals surface area contributed by atoms with E-state index in [4.69, 9.17) is 4.74 Å². The molecule has 0 saturated carbocycles. The van der Waals surface area contributed by atoms with Crippen molar-refractivity contribution >= 4 is 5.91 Å². The average molecular weight is 390 g/mol. The number of hydrogen-bond acceptors (Lipinski definition) is 4. The van der Waals surface area contributed by atoms with Crippen LogP contribution in [0, 0.1) is 0 Å². The Hall–Kier alpha value is -2.27. The fourth-order valence-electron chi connectivity index (χ4n) is 3.45. The fraction of sp³-hybridized carbons (Fsp3) is 0.522. The fourth-order valence-corrected chi connectivity index (χ4v) is 3.45. The van der Waals surface area contributed by atoms with Crippen LogP contribution in [0.4, 0.5) is 0 Å². The van der Waals surface area contributed by atoms with Gasteiger partial charge in [-0.1, -0.05) is 17.7 Å². The molecule has 1 aliphatic carbocycles. The minimum absolute atomic E-state index is 0.0346. The minimum Gasteiger partial charge on any atom is -0.507 e. The summed E-state index contributed by atoms with van der Waals surface area (Å²) in [4.78, 5) is 14.1. The zero-order chi connectivity index (χ0) is 21.1. The molecule has 1 amide bonds. The second-order valence-corrected chi connectivity index (χ2v) is 7.11. The first kappa shape index (κ1) is 23.8. The molecule has 0 spiro atoms. The van der Waals surface area contributed by atoms with Crippen LogP contribution in [0.1, 0.15) is 57.1 Å². The summed E-state index contributed by atoms with van der Waals surface area (Å²) >= 11 is 0. The molecule has 28 heavy (non-hydrogen) atoms. The van der Waals surface area contributed by atoms with Crippen LogP contribution in [0.3, 0.4) is 0 Å². The van der Waals surface area contributed by atoms with Crippen LogP contribution in [0.15, 0.2) is 36.4 Å². The molecular formula is C23H35NO4. The van der Waals surface area contributed by atoms with E-state index in [1.807, 2.05) is 13.8 Å². The van der Waals surface area contributed by atoms with Gasteiger partial charge in [-0.05, 0) is 57.7 Å². The van der Waals surface area contributed by atoms with Crippen molar-refractivity contribution in [2.24, 2.45) is 0 Å². The maximum absolute atomic E-state index is 12.4. The van der Waals surface area contributed by atoms with Gasteiger partial charge < -0.3 is 19.8 Å². The summed E-state index contributed by atoms with van der Waals surface area (Å²) in [6.07, 6.45) is 7.05. The molecule has 1 aromatic rings. The Morgan fingerprint density at radius 3 is 2.46 bits per heavy atom. The third kappa shape index (κ3) is 7.04. The molecule has 2 rings (SSSR count). The van der Waals surface area contributed by atoms with Crippen molar-refractivity contribution in [2.75, 3.05) is 26.8 Å². The molecule has 0 aliphatic heterocycles. The van der Waals surface area contributed by atoms with E-state index in [1.165, 1.54) is 5.57 Å². The maximum Gasteiger partial charge on any atom is 0.227 e. The molecule has 2 N–H and O–H groups in total. The molecule has 0 bridgehead atoms. The molecule has 1 unspecified atom stereocenters. The third-order valence-corrected chi connectivity index (χ3v) is 4.79. The monoisotopic (exact) mass is 389 g/mol. The number of likely N-dealkylation sites (N-methyl/N-ethyl adjacent to an activating group) is 1. The predicted octanol–water partition coefficient (Wildman–Crippen LogP) is 4.54. The number of phenolic OH excluding ortho intramolecular Hbond substituents is 2. The average Bonchev–Trinajstić information content (AvgIpc) is 2.62. The number of ether oxygens (including phenoxy) is 1. The first-order valence-corrected chi connectivity index (χ1v) is 9.93. The highest BCUT2D eigenvalue weighted by Crippen LogP contribution is 2.41. The van der Waals surface area contributed by atoms with Gasteiger partial charge in [-0.25, -0.2) is 0 Å². The molecule has 0 aromatic heterocycles. The van der Waals surface area contributed by atoms with Crippen LogP contribution < -0.4 is 0 Å². The largest absolute Gasteiger partial charge is 0.507 e. The number of rotatable bonds is 7. The minimum atomic E-state index is -0.0421. The summed E-state index contributed by atoms with van der Waals surface area (Å²) in [6.45, 7) is 10.9. The summed E-state index contributed by atoms with van der Waals surface area (Å²) in [5.74, 6) is 0.129. The van der Waals surface area contributed by atoms with Gasteiger partial charge in [-0.15, -0.1) is 6.58 Å². The highest BCUT2D eigenvalue weighted by atomic mass is 16.5. The summed E-state index contributed by atoms with van der Waals surface area (Å²) in [6, 6.07) is 3.21. The van der Waals surface area contributed by atoms with E-state index in [0.29, 0.717) is 30.8 Å². The van der Waals surface area contributed by atoms with E-state index >= 15 is 0 Å². The maximum atomic E-state index is 12.4. The molecule has 5 heteroatoms. The first-order valence-electron chi connectivity index (χ1n) is 9.93. The van der Waals surface area contributed by atoms with Crippen molar-refractivity contribution in [3.63, 3.8) is 0 Å². The zero-order valence-corrected chi connectivity index (χ0v) is 17.7. The lowest BCUT2D eigenvalue weighted by atomic mass is 9.84. The lowest BCUT2D eigenvalue weighted by Gasteiger charge is -2.23. The second kappa shape index (κ2) is 12.2. The molecule has 0 heterocycles. The number of amides is 1. The number of allylic oxidation sites excluding steroid dienone is 3. The number of carbonyl (C=O) groups is 1. The van der Waals surface area contributed by atoms with Gasteiger partial charge in [0.1, 0.15) is 11.5 Å². The molecule has 0 radical (unpaired) electrons. The number of hydrogen-bond donors (Lipinski definition) is 2. The SMILES string of the molecule is C=CC.CCN(CCOC)C(=O)Cc1cc(O)c(C2C=C(C)CCC2)c(O)c1. The third-order valence-electron chi connectivity index (χ3n) is 4.79. The van der Waals surface area contributed by atoms with E-state index in [1.54, 1.807) is 30.2 Å². The number of methoxy groups -OCH3 is 1. The lowest BCUT2D eigenvalue weighted by molar-refractivity contribution is -0.130.